The molecule has 0 aliphatic heterocycles. The summed E-state index contributed by atoms with van der Waals surface area (Å²) in [4.78, 5) is 12.4. The van der Waals surface area contributed by atoms with Crippen LogP contribution in [0.3, 0.4) is 0 Å². The van der Waals surface area contributed by atoms with E-state index in [1.165, 1.54) is 37.8 Å². The highest BCUT2D eigenvalue weighted by Crippen LogP contribution is 2.49. The number of aromatic nitrogens is 2. The summed E-state index contributed by atoms with van der Waals surface area (Å²) in [5.41, 5.74) is 1.95. The molecule has 25 heavy (non-hydrogen) atoms. The molecule has 2 aliphatic carbocycles. The molecule has 2 fully saturated rings. The largest absolute Gasteiger partial charge is 0.309 e. The summed E-state index contributed by atoms with van der Waals surface area (Å²) < 4.78 is 14.8. The highest BCUT2D eigenvalue weighted by molar-refractivity contribution is 5.90. The molecule has 4 nitrogen and oxygen atoms in total. The maximum atomic E-state index is 13.0. The summed E-state index contributed by atoms with van der Waals surface area (Å²) in [6.07, 6.45) is 5.81. The smallest absolute Gasteiger partial charge is 0.225 e. The average molecular weight is 341 g/mol. The fourth-order valence-electron chi connectivity index (χ4n) is 4.55. The second-order valence-corrected chi connectivity index (χ2v) is 7.64. The van der Waals surface area contributed by atoms with E-state index in [1.807, 2.05) is 17.7 Å². The van der Waals surface area contributed by atoms with Gasteiger partial charge in [-0.1, -0.05) is 18.6 Å². The lowest BCUT2D eigenvalue weighted by Gasteiger charge is -2.20. The van der Waals surface area contributed by atoms with Crippen LogP contribution in [0.4, 0.5) is 10.2 Å². The van der Waals surface area contributed by atoms with Gasteiger partial charge in [-0.15, -0.1) is 0 Å². The highest BCUT2D eigenvalue weighted by atomic mass is 19.1. The van der Waals surface area contributed by atoms with Crippen LogP contribution in [-0.2, 0) is 11.3 Å². The number of nitrogens with one attached hydrogen (secondary N) is 1. The molecule has 0 radical (unpaired) electrons. The molecule has 0 unspecified atom stereocenters. The molecule has 1 aromatic carbocycles. The van der Waals surface area contributed by atoms with Gasteiger partial charge in [-0.25, -0.2) is 4.39 Å². The normalized spacial score (nSPS) is 24.6. The number of amides is 1. The van der Waals surface area contributed by atoms with E-state index >= 15 is 0 Å². The van der Waals surface area contributed by atoms with Crippen LogP contribution in [0.5, 0.6) is 0 Å². The molecular formula is C20H24FN3O. The fraction of sp³-hybridized carbons (Fsp3) is 0.500. The van der Waals surface area contributed by atoms with Crippen molar-refractivity contribution in [2.24, 2.45) is 17.8 Å². The maximum absolute atomic E-state index is 13.0. The Kier molecular flexibility index (Phi) is 4.32. The quantitative estimate of drug-likeness (QED) is 0.888. The molecule has 1 N–H and O–H groups in total. The van der Waals surface area contributed by atoms with E-state index in [0.717, 1.165) is 23.1 Å². The predicted octanol–water partition coefficient (Wildman–Crippen LogP) is 4.14. The van der Waals surface area contributed by atoms with Crippen molar-refractivity contribution in [2.75, 3.05) is 5.32 Å². The molecule has 2 bridgehead atoms. The van der Waals surface area contributed by atoms with Gasteiger partial charge in [0.05, 0.1) is 6.54 Å². The number of anilines is 1. The molecule has 2 aromatic rings. The molecule has 5 heteroatoms. The topological polar surface area (TPSA) is 46.9 Å². The van der Waals surface area contributed by atoms with Gasteiger partial charge in [0.1, 0.15) is 5.82 Å². The van der Waals surface area contributed by atoms with Gasteiger partial charge in [-0.05, 0) is 61.6 Å². The Morgan fingerprint density at radius 3 is 2.76 bits per heavy atom. The molecule has 1 aromatic heterocycles. The van der Waals surface area contributed by atoms with E-state index < -0.39 is 0 Å². The third-order valence-electron chi connectivity index (χ3n) is 5.83. The molecule has 132 valence electrons. The number of hydrogen-bond donors (Lipinski definition) is 1. The molecule has 1 heterocycles. The van der Waals surface area contributed by atoms with Gasteiger partial charge < -0.3 is 5.32 Å². The lowest BCUT2D eigenvalue weighted by atomic mass is 9.86. The number of carbonyl (C=O) groups excluding carboxylic acids is 1. The summed E-state index contributed by atoms with van der Waals surface area (Å²) in [7, 11) is 0. The van der Waals surface area contributed by atoms with Gasteiger partial charge in [0.25, 0.3) is 0 Å². The first-order valence-electron chi connectivity index (χ1n) is 9.15. The van der Waals surface area contributed by atoms with Gasteiger partial charge in [-0.3, -0.25) is 9.48 Å². The first-order valence-corrected chi connectivity index (χ1v) is 9.15. The summed E-state index contributed by atoms with van der Waals surface area (Å²) in [6, 6.07) is 8.30. The van der Waals surface area contributed by atoms with E-state index in [2.05, 4.69) is 10.4 Å². The van der Waals surface area contributed by atoms with Crippen molar-refractivity contribution in [2.45, 2.75) is 45.6 Å². The van der Waals surface area contributed by atoms with Gasteiger partial charge >= 0.3 is 0 Å². The van der Waals surface area contributed by atoms with Crippen molar-refractivity contribution in [3.8, 4) is 0 Å². The van der Waals surface area contributed by atoms with Gasteiger partial charge in [0.2, 0.25) is 5.91 Å². The van der Waals surface area contributed by atoms with Crippen molar-refractivity contribution in [3.63, 3.8) is 0 Å². The lowest BCUT2D eigenvalue weighted by Crippen LogP contribution is -2.20. The fourth-order valence-corrected chi connectivity index (χ4v) is 4.55. The first kappa shape index (κ1) is 16.3. The van der Waals surface area contributed by atoms with Crippen molar-refractivity contribution in [3.05, 3.63) is 47.4 Å². The van der Waals surface area contributed by atoms with E-state index in [9.17, 15) is 9.18 Å². The molecule has 0 spiro atoms. The number of halogens is 1. The predicted molar refractivity (Wildman–Crippen MR) is 94.7 cm³/mol. The Balaban J connectivity index is 1.36. The Bertz CT molecular complexity index is 768. The van der Waals surface area contributed by atoms with Gasteiger partial charge in [0, 0.05) is 18.2 Å². The van der Waals surface area contributed by atoms with E-state index in [0.29, 0.717) is 24.7 Å². The lowest BCUT2D eigenvalue weighted by molar-refractivity contribution is -0.117. The molecule has 4 rings (SSSR count). The second kappa shape index (κ2) is 6.62. The third-order valence-corrected chi connectivity index (χ3v) is 5.83. The van der Waals surface area contributed by atoms with Crippen LogP contribution < -0.4 is 5.32 Å². The number of nitrogens with zero attached hydrogens (tertiary/aromatic N) is 2. The summed E-state index contributed by atoms with van der Waals surface area (Å²) >= 11 is 0. The number of aryl methyl sites for hydroxylation is 1. The number of carbonyl (C=O) groups is 1. The Labute approximate surface area is 147 Å². The van der Waals surface area contributed by atoms with Crippen molar-refractivity contribution >= 4 is 11.7 Å². The minimum absolute atomic E-state index is 0.0731. The van der Waals surface area contributed by atoms with Crippen molar-refractivity contribution < 1.29 is 9.18 Å². The number of rotatable bonds is 5. The molecular weight excluding hydrogens is 317 g/mol. The van der Waals surface area contributed by atoms with E-state index in [1.54, 1.807) is 12.1 Å². The number of benzene rings is 1. The van der Waals surface area contributed by atoms with Crippen molar-refractivity contribution in [1.29, 1.82) is 0 Å². The zero-order chi connectivity index (χ0) is 17.4. The van der Waals surface area contributed by atoms with Gasteiger partial charge in [0.15, 0.2) is 5.82 Å². The van der Waals surface area contributed by atoms with E-state index in [-0.39, 0.29) is 11.7 Å². The standard InChI is InChI=1S/C20H24FN3O/c1-13-8-19(23-24(13)12-14-3-6-18(21)7-4-14)22-20(25)11-17-10-15-2-5-16(17)9-15/h3-4,6-8,15-17H,2,5,9-12H2,1H3,(H,22,23,25)/t15-,16+,17-/m0/s1. The zero-order valence-corrected chi connectivity index (χ0v) is 14.5. The molecule has 2 aliphatic rings. The van der Waals surface area contributed by atoms with Crippen LogP contribution in [0.25, 0.3) is 0 Å². The zero-order valence-electron chi connectivity index (χ0n) is 14.5. The van der Waals surface area contributed by atoms with Crippen LogP contribution in [0.2, 0.25) is 0 Å². The Hall–Kier alpha value is -2.17. The van der Waals surface area contributed by atoms with Crippen LogP contribution in [0.15, 0.2) is 30.3 Å². The first-order chi connectivity index (χ1) is 12.1. The second-order valence-electron chi connectivity index (χ2n) is 7.64. The van der Waals surface area contributed by atoms with E-state index in [4.69, 9.17) is 0 Å². The van der Waals surface area contributed by atoms with Crippen LogP contribution in [-0.4, -0.2) is 15.7 Å². The maximum Gasteiger partial charge on any atom is 0.225 e. The summed E-state index contributed by atoms with van der Waals surface area (Å²) in [5.74, 6) is 2.61. The van der Waals surface area contributed by atoms with Crippen LogP contribution >= 0.6 is 0 Å². The number of fused-ring (bicyclic) bond motifs is 2. The minimum atomic E-state index is -0.241. The Morgan fingerprint density at radius 2 is 2.08 bits per heavy atom. The summed E-state index contributed by atoms with van der Waals surface area (Å²) in [5, 5.41) is 7.43. The minimum Gasteiger partial charge on any atom is -0.309 e. The average Bonchev–Trinajstić information content (AvgIpc) is 3.26. The van der Waals surface area contributed by atoms with Gasteiger partial charge in [-0.2, -0.15) is 5.10 Å². The monoisotopic (exact) mass is 341 g/mol. The molecule has 0 saturated heterocycles. The van der Waals surface area contributed by atoms with Crippen LogP contribution in [0, 0.1) is 30.5 Å². The molecule has 2 saturated carbocycles. The SMILES string of the molecule is Cc1cc(NC(=O)C[C@@H]2C[C@H]3CC[C@@H]2C3)nn1Cc1ccc(F)cc1. The third kappa shape index (κ3) is 3.60. The molecule has 3 atom stereocenters. The Morgan fingerprint density at radius 1 is 1.28 bits per heavy atom. The number of hydrogen-bond acceptors (Lipinski definition) is 2. The highest BCUT2D eigenvalue weighted by Gasteiger charge is 2.40. The summed E-state index contributed by atoms with van der Waals surface area (Å²) in [6.45, 7) is 2.52. The van der Waals surface area contributed by atoms with Crippen molar-refractivity contribution in [1.82, 2.24) is 9.78 Å². The van der Waals surface area contributed by atoms with Crippen LogP contribution in [0.1, 0.15) is 43.4 Å². The molecule has 1 amide bonds.